The molecule has 35 nitrogen and oxygen atoms in total. The summed E-state index contributed by atoms with van der Waals surface area (Å²) in [6.45, 7) is 63.5. The summed E-state index contributed by atoms with van der Waals surface area (Å²) in [5.74, 6) is 0.217. The number of Topliss-reactive ketones (excluding diaryl/α,β-unsaturated/α-hetero) is 3. The Kier molecular flexibility index (Phi) is 41.5. The number of carbonyl (C=O) groups is 3. The molecule has 0 amide bonds. The number of alkyl halides is 3. The van der Waals surface area contributed by atoms with E-state index in [0.717, 1.165) is 11.5 Å². The molecule has 7 unspecified atom stereocenters. The van der Waals surface area contributed by atoms with Gasteiger partial charge in [-0.25, -0.2) is 0 Å². The molecule has 6 fully saturated rings. The second-order valence-corrected chi connectivity index (χ2v) is 41.7. The first-order valence-electron chi connectivity index (χ1n) is 36.8. The van der Waals surface area contributed by atoms with Crippen LogP contribution in [0.4, 0.5) is 0 Å². The molecule has 8 aliphatic rings. The van der Waals surface area contributed by atoms with E-state index in [1.165, 1.54) is 41.0 Å². The fraction of sp³-hybridized carbons (Fsp3) is 0.903. The van der Waals surface area contributed by atoms with Crippen LogP contribution >= 0.6 is 104 Å². The molecule has 0 bridgehead atoms. The zero-order valence-corrected chi connectivity index (χ0v) is 84.2. The van der Waals surface area contributed by atoms with Crippen LogP contribution in [0.5, 0.6) is 0 Å². The highest BCUT2D eigenvalue weighted by molar-refractivity contribution is 9.93. The van der Waals surface area contributed by atoms with Gasteiger partial charge in [-0.15, -0.1) is 40.5 Å². The van der Waals surface area contributed by atoms with Gasteiger partial charge < -0.3 is 61.0 Å². The van der Waals surface area contributed by atoms with Crippen molar-refractivity contribution >= 4 is 122 Å². The van der Waals surface area contributed by atoms with E-state index >= 15 is 0 Å². The van der Waals surface area contributed by atoms with Crippen molar-refractivity contribution in [1.82, 2.24) is 40.5 Å². The molecule has 8 N–H and O–H groups in total. The second kappa shape index (κ2) is 41.5. The van der Waals surface area contributed by atoms with E-state index in [2.05, 4.69) is 171 Å². The van der Waals surface area contributed by atoms with Crippen molar-refractivity contribution in [2.45, 2.75) is 377 Å². The van der Waals surface area contributed by atoms with E-state index in [1.54, 1.807) is 47.6 Å². The molecule has 6 saturated heterocycles. The third-order valence-electron chi connectivity index (χ3n) is 23.2. The number of hydrogen-bond donors (Lipinski definition) is 8. The summed E-state index contributed by atoms with van der Waals surface area (Å²) in [7, 11) is 0. The minimum absolute atomic E-state index is 0.0283. The van der Waals surface area contributed by atoms with Crippen molar-refractivity contribution in [2.24, 2.45) is 17.8 Å². The minimum atomic E-state index is -1.08. The van der Waals surface area contributed by atoms with Gasteiger partial charge in [0.1, 0.15) is 37.5 Å². The van der Waals surface area contributed by atoms with Gasteiger partial charge in [0.15, 0.2) is 5.78 Å². The molecule has 8 rings (SSSR count). The molecule has 7 atom stereocenters. The lowest BCUT2D eigenvalue weighted by Crippen LogP contribution is -2.69. The van der Waals surface area contributed by atoms with Crippen molar-refractivity contribution in [3.63, 3.8) is 0 Å². The predicted octanol–water partition coefficient (Wildman–Crippen LogP) is 17.3. The summed E-state index contributed by atoms with van der Waals surface area (Å²) in [6.07, 6.45) is 5.83. The largest absolute Gasteiger partial charge is 0.314 e. The maximum Gasteiger partial charge on any atom is 0.294 e. The lowest BCUT2D eigenvalue weighted by molar-refractivity contribution is -0.778. The number of nitrogens with zero attached hydrogens (tertiary/aromatic N) is 12. The number of hydrogen-bond acceptors (Lipinski definition) is 31. The molecule has 0 saturated carbocycles. The highest BCUT2D eigenvalue weighted by atomic mass is 80.9. The molecule has 114 heavy (non-hydrogen) atoms. The predicted molar refractivity (Wildman–Crippen MR) is 455 cm³/mol. The molecule has 0 aromatic carbocycles. The van der Waals surface area contributed by atoms with E-state index in [9.17, 15) is 96.5 Å². The van der Waals surface area contributed by atoms with Gasteiger partial charge in [-0.3, -0.25) is 14.4 Å². The van der Waals surface area contributed by atoms with Crippen LogP contribution in [0.2, 0.25) is 0 Å². The summed E-state index contributed by atoms with van der Waals surface area (Å²) in [5.41, 5.74) is -5.73. The van der Waals surface area contributed by atoms with E-state index in [-0.39, 0.29) is 78.7 Å². The second-order valence-electron chi connectivity index (χ2n) is 39.0. The van der Waals surface area contributed by atoms with Gasteiger partial charge in [-0.05, 0) is 253 Å². The normalized spacial score (nSPS) is 29.5. The number of halogens is 7. The Labute approximate surface area is 730 Å². The van der Waals surface area contributed by atoms with Crippen molar-refractivity contribution in [3.05, 3.63) is 63.8 Å². The lowest BCUT2D eigenvalue weighted by atomic mass is 9.81. The van der Waals surface area contributed by atoms with Crippen molar-refractivity contribution in [1.29, 1.82) is 0 Å². The third kappa shape index (κ3) is 27.5. The first-order chi connectivity index (χ1) is 50.5. The Balaban J connectivity index is 0. The van der Waals surface area contributed by atoms with Crippen LogP contribution in [0, 0.1) is 58.2 Å². The van der Waals surface area contributed by atoms with Crippen LogP contribution in [-0.2, 0) is 33.7 Å². The van der Waals surface area contributed by atoms with Gasteiger partial charge in [0.05, 0.1) is 58.8 Å². The van der Waals surface area contributed by atoms with E-state index in [0.29, 0.717) is 37.2 Å². The lowest BCUT2D eigenvalue weighted by Gasteiger charge is -2.52. The topological polar surface area (TPSA) is 448 Å². The zero-order chi connectivity index (χ0) is 91.8. The first kappa shape index (κ1) is 114. The molecule has 0 spiro atoms. The van der Waals surface area contributed by atoms with Crippen LogP contribution in [0.15, 0.2) is 23.3 Å². The average molecular weight is 2100 g/mol. The van der Waals surface area contributed by atoms with Crippen LogP contribution in [-0.4, -0.2) is 249 Å². The Bertz CT molecular complexity index is 3280. The maximum absolute atomic E-state index is 11.9. The molecule has 0 aromatic rings. The third-order valence-corrected chi connectivity index (χ3v) is 28.0. The van der Waals surface area contributed by atoms with Gasteiger partial charge >= 0.3 is 0 Å². The molecule has 0 aliphatic carbocycles. The van der Waals surface area contributed by atoms with Gasteiger partial charge in [-0.2, -0.15) is 40.5 Å². The standard InChI is InChI=1S/C9H15Br2NO2.C9H16BrNO2.C9H17N3O7.C9H18N2O4.C9H16N2O4.C9H17NO2.C9H19NO.C9H17NO.2Br2/c1-8(2)6(10)5(13)7(11)9(3,4)12(8)14;1-8(2)5-6(12)7(10)9(3,4)11(8)13;1-8(2)6(5-18-11(14)15)7(19-12(16)17)9(3,4)10(8)13;2*1-8(2)5-7(6-15-11(13)14)9(3,4)10(8)12;1-8(2)5-7(11)6-9(3,4)10(8)12;2*1-7-6-8(2,3)10(11)9(7,4)5;2*1-2/h6-7,14H,1-4H3;7,13H,5H2,1-4H3;6-7,13H,5H2,1-4H3;7,12H,5-6H2,1-4H3;5,12H,6H2,1-4H3;12H,5-6H2,1-4H3;7,11H,6H2,1-5H3;6,11H,1-5H3;;. The van der Waals surface area contributed by atoms with E-state index < -0.39 is 99.9 Å². The van der Waals surface area contributed by atoms with Crippen molar-refractivity contribution in [3.8, 4) is 0 Å². The highest BCUT2D eigenvalue weighted by Gasteiger charge is 2.62. The highest BCUT2D eigenvalue weighted by Crippen LogP contribution is 2.49. The van der Waals surface area contributed by atoms with Crippen molar-refractivity contribution in [2.75, 3.05) is 19.8 Å². The first-order valence-corrected chi connectivity index (χ1v) is 47.0. The van der Waals surface area contributed by atoms with Gasteiger partial charge in [0.2, 0.25) is 0 Å². The van der Waals surface area contributed by atoms with Crippen LogP contribution < -0.4 is 0 Å². The maximum atomic E-state index is 11.9. The SMILES string of the molecule is BrBr.BrBr.CC1(C)C(Br)C(=O)C(Br)C(C)(C)N1O.CC1(C)C(CO[N+](=O)[O-])C(O[N+](=O)[O-])C(C)(C)N1O.CC1(C)C=C(CO[N+](=O)[O-])C(C)(C)N1O.CC1(C)CC(=O)C(Br)C(C)(C)N1O.CC1(C)CC(=O)CC(C)(C)N1O.CC1(C)CC(CO[N+](=O)[O-])C(C)(C)N1O.CC1=CC(C)(C)N(O)C1(C)C.CC1CC(C)(C)N(O)C1(C)C. The Morgan fingerprint density at radius 3 is 1.04 bits per heavy atom. The fourth-order valence-corrected chi connectivity index (χ4v) is 17.8. The van der Waals surface area contributed by atoms with Crippen molar-refractivity contribution < 1.29 is 95.7 Å². The number of piperidine rings is 3. The van der Waals surface area contributed by atoms with E-state index in [1.807, 2.05) is 152 Å². The summed E-state index contributed by atoms with van der Waals surface area (Å²) in [4.78, 5) is 92.4. The van der Waals surface area contributed by atoms with E-state index in [4.69, 9.17) is 0 Å². The number of hydroxylamine groups is 16. The summed E-state index contributed by atoms with van der Waals surface area (Å²) >= 11 is 21.0. The molecular weight excluding hydrogens is 1960 g/mol. The summed E-state index contributed by atoms with van der Waals surface area (Å²) in [5, 5.41) is 127. The number of rotatable bonds is 11. The smallest absolute Gasteiger partial charge is 0.294 e. The summed E-state index contributed by atoms with van der Waals surface area (Å²) < 4.78 is 0. The Morgan fingerprint density at radius 1 is 0.404 bits per heavy atom. The molecule has 8 aliphatic heterocycles. The fourth-order valence-electron chi connectivity index (χ4n) is 16.2. The molecule has 8 heterocycles. The van der Waals surface area contributed by atoms with Gasteiger partial charge in [0.25, 0.3) is 20.3 Å². The van der Waals surface area contributed by atoms with Crippen LogP contribution in [0.25, 0.3) is 0 Å². The molecule has 0 radical (unpaired) electrons. The number of ketones is 3. The van der Waals surface area contributed by atoms with Gasteiger partial charge in [0, 0.05) is 132 Å². The monoisotopic (exact) mass is 2090 g/mol. The van der Waals surface area contributed by atoms with Gasteiger partial charge in [-0.1, -0.05) is 72.4 Å². The molecule has 0 aromatic heterocycles. The van der Waals surface area contributed by atoms with Crippen LogP contribution in [0.3, 0.4) is 0 Å². The quantitative estimate of drug-likeness (QED) is 0.0412. The molecule has 42 heteroatoms. The number of carbonyl (C=O) groups excluding carboxylic acids is 3. The Morgan fingerprint density at radius 2 is 0.746 bits per heavy atom. The average Bonchev–Trinajstić information content (AvgIpc) is 1.27. The Hall–Kier alpha value is -1.99. The summed E-state index contributed by atoms with van der Waals surface area (Å²) in [6, 6.07) is 0. The molecular formula is C72H135Br7N12O23. The van der Waals surface area contributed by atoms with Crippen LogP contribution in [0.1, 0.15) is 268 Å². The minimum Gasteiger partial charge on any atom is -0.314 e. The molecule has 670 valence electrons. The zero-order valence-electron chi connectivity index (χ0n) is 73.1.